The molecule has 2 heterocycles. The summed E-state index contributed by atoms with van der Waals surface area (Å²) in [5.41, 5.74) is 2.59. The van der Waals surface area contributed by atoms with Gasteiger partial charge in [0.1, 0.15) is 0 Å². The molecule has 1 saturated heterocycles. The summed E-state index contributed by atoms with van der Waals surface area (Å²) in [6.45, 7) is 0.907. The summed E-state index contributed by atoms with van der Waals surface area (Å²) in [4.78, 5) is 18.7. The quantitative estimate of drug-likeness (QED) is 0.886. The number of rotatable bonds is 5. The third-order valence-electron chi connectivity index (χ3n) is 4.45. The largest absolute Gasteiger partial charge is 0.396 e. The number of likely N-dealkylation sites (tertiary alicyclic amines) is 1. The Bertz CT molecular complexity index is 656. The number of carbonyl (C=O) groups is 1. The molecule has 0 saturated carbocycles. The van der Waals surface area contributed by atoms with Crippen molar-refractivity contribution < 1.29 is 9.90 Å². The fourth-order valence-electron chi connectivity index (χ4n) is 3.18. The van der Waals surface area contributed by atoms with Crippen molar-refractivity contribution in [3.05, 3.63) is 54.4 Å². The first kappa shape index (κ1) is 16.5. The van der Waals surface area contributed by atoms with E-state index < -0.39 is 0 Å². The molecule has 1 aliphatic heterocycles. The molecule has 126 valence electrons. The number of amides is 1. The van der Waals surface area contributed by atoms with E-state index >= 15 is 0 Å². The number of anilines is 2. The predicted octanol–water partition coefficient (Wildman–Crippen LogP) is 3.20. The molecule has 1 aliphatic rings. The maximum absolute atomic E-state index is 12.8. The van der Waals surface area contributed by atoms with E-state index in [9.17, 15) is 9.90 Å². The van der Waals surface area contributed by atoms with E-state index in [4.69, 9.17) is 0 Å². The average molecular weight is 325 g/mol. The number of pyridine rings is 1. The smallest absolute Gasteiger partial charge is 0.254 e. The standard InChI is InChI=1S/C19H23N3O2/c23-14-10-18-3-1-2-13-22(18)19(24)15-4-6-16(7-5-15)21-17-8-11-20-12-9-17/h4-9,11-12,18,23H,1-3,10,13-14H2,(H,20,21). The highest BCUT2D eigenvalue weighted by molar-refractivity contribution is 5.95. The number of piperidine rings is 1. The Hall–Kier alpha value is -2.40. The summed E-state index contributed by atoms with van der Waals surface area (Å²) < 4.78 is 0. The molecule has 24 heavy (non-hydrogen) atoms. The number of benzene rings is 1. The highest BCUT2D eigenvalue weighted by Gasteiger charge is 2.26. The molecule has 3 rings (SSSR count). The lowest BCUT2D eigenvalue weighted by Crippen LogP contribution is -2.44. The molecule has 1 aromatic heterocycles. The zero-order chi connectivity index (χ0) is 16.8. The SMILES string of the molecule is O=C(c1ccc(Nc2ccncc2)cc1)N1CCCCC1CCO. The first-order valence-corrected chi connectivity index (χ1v) is 8.47. The lowest BCUT2D eigenvalue weighted by molar-refractivity contribution is 0.0574. The highest BCUT2D eigenvalue weighted by Crippen LogP contribution is 2.23. The van der Waals surface area contributed by atoms with Crippen LogP contribution in [0, 0.1) is 0 Å². The Morgan fingerprint density at radius 2 is 1.83 bits per heavy atom. The highest BCUT2D eigenvalue weighted by atomic mass is 16.3. The lowest BCUT2D eigenvalue weighted by Gasteiger charge is -2.35. The second kappa shape index (κ2) is 7.93. The monoisotopic (exact) mass is 325 g/mol. The second-order valence-corrected chi connectivity index (χ2v) is 6.10. The van der Waals surface area contributed by atoms with E-state index in [-0.39, 0.29) is 18.6 Å². The van der Waals surface area contributed by atoms with Gasteiger partial charge in [-0.05, 0) is 62.1 Å². The molecule has 0 spiro atoms. The molecule has 0 aliphatic carbocycles. The Balaban J connectivity index is 1.69. The number of hydrogen-bond acceptors (Lipinski definition) is 4. The molecule has 1 fully saturated rings. The van der Waals surface area contributed by atoms with E-state index in [2.05, 4.69) is 10.3 Å². The maximum Gasteiger partial charge on any atom is 0.254 e. The molecule has 0 radical (unpaired) electrons. The Labute approximate surface area is 142 Å². The molecule has 2 aromatic rings. The van der Waals surface area contributed by atoms with Crippen molar-refractivity contribution in [2.45, 2.75) is 31.7 Å². The number of carbonyl (C=O) groups excluding carboxylic acids is 1. The van der Waals surface area contributed by atoms with Gasteiger partial charge in [0.15, 0.2) is 0 Å². The fraction of sp³-hybridized carbons (Fsp3) is 0.368. The third-order valence-corrected chi connectivity index (χ3v) is 4.45. The van der Waals surface area contributed by atoms with E-state index in [1.807, 2.05) is 41.3 Å². The van der Waals surface area contributed by atoms with Crippen LogP contribution in [-0.4, -0.2) is 40.1 Å². The van der Waals surface area contributed by atoms with Gasteiger partial charge in [-0.25, -0.2) is 0 Å². The number of aliphatic hydroxyl groups is 1. The molecule has 0 bridgehead atoms. The minimum atomic E-state index is 0.0589. The van der Waals surface area contributed by atoms with Gasteiger partial charge in [0.25, 0.3) is 5.91 Å². The van der Waals surface area contributed by atoms with Gasteiger partial charge in [-0.3, -0.25) is 9.78 Å². The van der Waals surface area contributed by atoms with Crippen molar-refractivity contribution in [2.75, 3.05) is 18.5 Å². The Morgan fingerprint density at radius 1 is 1.12 bits per heavy atom. The number of nitrogens with one attached hydrogen (secondary N) is 1. The number of nitrogens with zero attached hydrogens (tertiary/aromatic N) is 2. The zero-order valence-electron chi connectivity index (χ0n) is 13.7. The van der Waals surface area contributed by atoms with Crippen LogP contribution in [0.5, 0.6) is 0 Å². The van der Waals surface area contributed by atoms with E-state index in [0.29, 0.717) is 12.0 Å². The molecular formula is C19H23N3O2. The van der Waals surface area contributed by atoms with E-state index in [0.717, 1.165) is 37.2 Å². The summed E-state index contributed by atoms with van der Waals surface area (Å²) in [6.07, 6.45) is 7.27. The molecule has 1 atom stereocenters. The maximum atomic E-state index is 12.8. The number of hydrogen-bond donors (Lipinski definition) is 2. The fourth-order valence-corrected chi connectivity index (χ4v) is 3.18. The van der Waals surface area contributed by atoms with Crippen LogP contribution in [0.1, 0.15) is 36.0 Å². The van der Waals surface area contributed by atoms with E-state index in [1.54, 1.807) is 12.4 Å². The van der Waals surface area contributed by atoms with Gasteiger partial charge in [-0.15, -0.1) is 0 Å². The summed E-state index contributed by atoms with van der Waals surface area (Å²) in [5.74, 6) is 0.0589. The number of aromatic nitrogens is 1. The summed E-state index contributed by atoms with van der Waals surface area (Å²) in [6, 6.07) is 11.5. The van der Waals surface area contributed by atoms with Gasteiger partial charge in [0, 0.05) is 48.5 Å². The molecule has 2 N–H and O–H groups in total. The Morgan fingerprint density at radius 3 is 2.54 bits per heavy atom. The summed E-state index contributed by atoms with van der Waals surface area (Å²) in [5, 5.41) is 12.5. The van der Waals surface area contributed by atoms with Gasteiger partial charge in [-0.2, -0.15) is 0 Å². The van der Waals surface area contributed by atoms with Crippen LogP contribution in [0.4, 0.5) is 11.4 Å². The van der Waals surface area contributed by atoms with Crippen LogP contribution in [0.25, 0.3) is 0 Å². The average Bonchev–Trinajstić information content (AvgIpc) is 2.63. The summed E-state index contributed by atoms with van der Waals surface area (Å²) in [7, 11) is 0. The van der Waals surface area contributed by atoms with Crippen molar-refractivity contribution in [1.29, 1.82) is 0 Å². The normalized spacial score (nSPS) is 17.5. The third kappa shape index (κ3) is 3.92. The van der Waals surface area contributed by atoms with Crippen LogP contribution in [0.15, 0.2) is 48.8 Å². The Kier molecular flexibility index (Phi) is 5.43. The predicted molar refractivity (Wildman–Crippen MR) is 94.3 cm³/mol. The summed E-state index contributed by atoms with van der Waals surface area (Å²) >= 11 is 0. The van der Waals surface area contributed by atoms with E-state index in [1.165, 1.54) is 0 Å². The van der Waals surface area contributed by atoms with Gasteiger partial charge in [0.2, 0.25) is 0 Å². The molecule has 5 heteroatoms. The minimum Gasteiger partial charge on any atom is -0.396 e. The van der Waals surface area contributed by atoms with Crippen LogP contribution >= 0.6 is 0 Å². The van der Waals surface area contributed by atoms with Gasteiger partial charge < -0.3 is 15.3 Å². The molecular weight excluding hydrogens is 302 g/mol. The zero-order valence-corrected chi connectivity index (χ0v) is 13.7. The van der Waals surface area contributed by atoms with Crippen LogP contribution in [0.2, 0.25) is 0 Å². The van der Waals surface area contributed by atoms with Crippen molar-refractivity contribution in [3.63, 3.8) is 0 Å². The number of aliphatic hydroxyl groups excluding tert-OH is 1. The van der Waals surface area contributed by atoms with Gasteiger partial charge in [-0.1, -0.05) is 0 Å². The van der Waals surface area contributed by atoms with Crippen LogP contribution < -0.4 is 5.32 Å². The second-order valence-electron chi connectivity index (χ2n) is 6.10. The van der Waals surface area contributed by atoms with Crippen LogP contribution in [-0.2, 0) is 0 Å². The van der Waals surface area contributed by atoms with Gasteiger partial charge >= 0.3 is 0 Å². The first-order chi connectivity index (χ1) is 11.8. The molecule has 1 amide bonds. The molecule has 1 aromatic carbocycles. The minimum absolute atomic E-state index is 0.0589. The van der Waals surface area contributed by atoms with Gasteiger partial charge in [0.05, 0.1) is 0 Å². The molecule has 5 nitrogen and oxygen atoms in total. The van der Waals surface area contributed by atoms with Crippen molar-refractivity contribution in [3.8, 4) is 0 Å². The van der Waals surface area contributed by atoms with Crippen molar-refractivity contribution in [2.24, 2.45) is 0 Å². The van der Waals surface area contributed by atoms with Crippen molar-refractivity contribution >= 4 is 17.3 Å². The lowest BCUT2D eigenvalue weighted by atomic mass is 9.98. The van der Waals surface area contributed by atoms with Crippen molar-refractivity contribution in [1.82, 2.24) is 9.88 Å². The molecule has 1 unspecified atom stereocenters. The topological polar surface area (TPSA) is 65.5 Å². The first-order valence-electron chi connectivity index (χ1n) is 8.47. The van der Waals surface area contributed by atoms with Crippen LogP contribution in [0.3, 0.4) is 0 Å².